The molecule has 0 bridgehead atoms. The van der Waals surface area contributed by atoms with Crippen molar-refractivity contribution in [3.63, 3.8) is 0 Å². The van der Waals surface area contributed by atoms with E-state index in [0.29, 0.717) is 30.3 Å². The van der Waals surface area contributed by atoms with Gasteiger partial charge in [0.15, 0.2) is 11.5 Å². The molecule has 4 nitrogen and oxygen atoms in total. The predicted octanol–water partition coefficient (Wildman–Crippen LogP) is 2.51. The van der Waals surface area contributed by atoms with E-state index in [1.54, 1.807) is 0 Å². The van der Waals surface area contributed by atoms with Crippen LogP contribution in [-0.4, -0.2) is 24.3 Å². The van der Waals surface area contributed by atoms with E-state index in [4.69, 9.17) is 26.2 Å². The zero-order valence-electron chi connectivity index (χ0n) is 8.57. The molecule has 1 aliphatic heterocycles. The lowest BCUT2D eigenvalue weighted by Crippen LogP contribution is -2.15. The topological polar surface area (TPSA) is 55.8 Å². The van der Waals surface area contributed by atoms with Crippen LogP contribution in [0.15, 0.2) is 18.0 Å². The normalized spacial score (nSPS) is 14.6. The third-order valence-electron chi connectivity index (χ3n) is 2.12. The van der Waals surface area contributed by atoms with Crippen molar-refractivity contribution in [3.05, 3.63) is 28.5 Å². The quantitative estimate of drug-likeness (QED) is 0.828. The molecule has 0 atom stereocenters. The highest BCUT2D eigenvalue weighted by atomic mass is 35.5. The van der Waals surface area contributed by atoms with Crippen molar-refractivity contribution in [2.24, 2.45) is 0 Å². The molecule has 6 heteroatoms. The van der Waals surface area contributed by atoms with Gasteiger partial charge in [0.05, 0.1) is 5.02 Å². The number of carboxylic acid groups (broad SMARTS) is 1. The Balaban J connectivity index is 2.41. The minimum atomic E-state index is -1.63. The Labute approximate surface area is 101 Å². The lowest BCUT2D eigenvalue weighted by molar-refractivity contribution is -0.134. The standard InChI is InChI=1S/C11H8ClFO4/c12-7-3-6(4-8(13)11(14)15)5-9-10(7)17-2-1-16-9/h3-5H,1-2H2,(H,14,15). The van der Waals surface area contributed by atoms with Gasteiger partial charge >= 0.3 is 5.97 Å². The van der Waals surface area contributed by atoms with Gasteiger partial charge in [0.25, 0.3) is 0 Å². The Bertz CT molecular complexity index is 498. The molecule has 1 N–H and O–H groups in total. The summed E-state index contributed by atoms with van der Waals surface area (Å²) < 4.78 is 23.5. The summed E-state index contributed by atoms with van der Waals surface area (Å²) in [6.07, 6.45) is 0.868. The SMILES string of the molecule is O=C(O)C(F)=Cc1cc(Cl)c2c(c1)OCCO2. The molecule has 1 aromatic carbocycles. The summed E-state index contributed by atoms with van der Waals surface area (Å²) in [7, 11) is 0. The van der Waals surface area contributed by atoms with Crippen LogP contribution >= 0.6 is 11.6 Å². The van der Waals surface area contributed by atoms with Crippen LogP contribution in [0, 0.1) is 0 Å². The molecule has 0 unspecified atom stereocenters. The Morgan fingerprint density at radius 1 is 1.41 bits per heavy atom. The minimum absolute atomic E-state index is 0.256. The molecule has 0 amide bonds. The fraction of sp³-hybridized carbons (Fsp3) is 0.182. The second-order valence-corrected chi connectivity index (χ2v) is 3.73. The number of hydrogen-bond donors (Lipinski definition) is 1. The lowest BCUT2D eigenvalue weighted by Gasteiger charge is -2.19. The third-order valence-corrected chi connectivity index (χ3v) is 2.40. The van der Waals surface area contributed by atoms with E-state index in [1.165, 1.54) is 12.1 Å². The molecule has 0 saturated carbocycles. The van der Waals surface area contributed by atoms with Crippen molar-refractivity contribution in [2.75, 3.05) is 13.2 Å². The Kier molecular flexibility index (Phi) is 3.19. The van der Waals surface area contributed by atoms with Gasteiger partial charge in [-0.05, 0) is 23.8 Å². The number of ether oxygens (including phenoxy) is 2. The first-order valence-electron chi connectivity index (χ1n) is 4.77. The predicted molar refractivity (Wildman–Crippen MR) is 59.2 cm³/mol. The van der Waals surface area contributed by atoms with Crippen LogP contribution in [-0.2, 0) is 4.79 Å². The van der Waals surface area contributed by atoms with Gasteiger partial charge in [0, 0.05) is 0 Å². The van der Waals surface area contributed by atoms with Crippen molar-refractivity contribution in [1.29, 1.82) is 0 Å². The molecular weight excluding hydrogens is 251 g/mol. The van der Waals surface area contributed by atoms with Crippen molar-refractivity contribution in [1.82, 2.24) is 0 Å². The van der Waals surface area contributed by atoms with Crippen molar-refractivity contribution in [2.45, 2.75) is 0 Å². The highest BCUT2D eigenvalue weighted by Gasteiger charge is 2.16. The van der Waals surface area contributed by atoms with E-state index in [2.05, 4.69) is 0 Å². The summed E-state index contributed by atoms with van der Waals surface area (Å²) in [5, 5.41) is 8.67. The van der Waals surface area contributed by atoms with Crippen molar-refractivity contribution in [3.8, 4) is 11.5 Å². The third kappa shape index (κ3) is 2.50. The zero-order chi connectivity index (χ0) is 12.4. The zero-order valence-corrected chi connectivity index (χ0v) is 9.33. The van der Waals surface area contributed by atoms with Gasteiger partial charge in [0.1, 0.15) is 13.2 Å². The van der Waals surface area contributed by atoms with Crippen LogP contribution in [0.5, 0.6) is 11.5 Å². The molecule has 1 aromatic rings. The molecule has 0 radical (unpaired) electrons. The molecule has 17 heavy (non-hydrogen) atoms. The van der Waals surface area contributed by atoms with Gasteiger partial charge in [-0.1, -0.05) is 11.6 Å². The summed E-state index contributed by atoms with van der Waals surface area (Å²) in [5.74, 6) is -2.12. The Morgan fingerprint density at radius 2 is 2.12 bits per heavy atom. The van der Waals surface area contributed by atoms with Crippen LogP contribution < -0.4 is 9.47 Å². The van der Waals surface area contributed by atoms with E-state index in [1.807, 2.05) is 0 Å². The number of carbonyl (C=O) groups is 1. The average molecular weight is 259 g/mol. The van der Waals surface area contributed by atoms with Gasteiger partial charge in [-0.3, -0.25) is 0 Å². The summed E-state index contributed by atoms with van der Waals surface area (Å²) in [5.41, 5.74) is 0.305. The highest BCUT2D eigenvalue weighted by Crippen LogP contribution is 2.38. The summed E-state index contributed by atoms with van der Waals surface area (Å²) in [4.78, 5) is 10.3. The number of hydrogen-bond acceptors (Lipinski definition) is 3. The van der Waals surface area contributed by atoms with Crippen LogP contribution in [0.2, 0.25) is 5.02 Å². The number of fused-ring (bicyclic) bond motifs is 1. The first kappa shape index (κ1) is 11.7. The first-order valence-corrected chi connectivity index (χ1v) is 5.15. The number of benzene rings is 1. The van der Waals surface area contributed by atoms with Gasteiger partial charge in [-0.15, -0.1) is 0 Å². The number of rotatable bonds is 2. The van der Waals surface area contributed by atoms with E-state index in [-0.39, 0.29) is 5.02 Å². The monoisotopic (exact) mass is 258 g/mol. The smallest absolute Gasteiger partial charge is 0.364 e. The Hall–Kier alpha value is -1.75. The minimum Gasteiger partial charge on any atom is -0.486 e. The van der Waals surface area contributed by atoms with Gasteiger partial charge in [-0.2, -0.15) is 4.39 Å². The number of aliphatic carboxylic acids is 1. The second kappa shape index (κ2) is 4.63. The van der Waals surface area contributed by atoms with Gasteiger partial charge in [-0.25, -0.2) is 4.79 Å². The maximum atomic E-state index is 12.9. The van der Waals surface area contributed by atoms with Crippen LogP contribution in [0.3, 0.4) is 0 Å². The van der Waals surface area contributed by atoms with Crippen LogP contribution in [0.25, 0.3) is 6.08 Å². The molecule has 2 rings (SSSR count). The van der Waals surface area contributed by atoms with Gasteiger partial charge < -0.3 is 14.6 Å². The van der Waals surface area contributed by atoms with Crippen LogP contribution in [0.1, 0.15) is 5.56 Å². The fourth-order valence-electron chi connectivity index (χ4n) is 1.42. The molecule has 90 valence electrons. The largest absolute Gasteiger partial charge is 0.486 e. The van der Waals surface area contributed by atoms with E-state index < -0.39 is 11.8 Å². The summed E-state index contributed by atoms with van der Waals surface area (Å²) in [6.45, 7) is 0.767. The maximum absolute atomic E-state index is 12.9. The molecule has 0 aromatic heterocycles. The second-order valence-electron chi connectivity index (χ2n) is 3.32. The molecule has 0 spiro atoms. The molecule has 0 aliphatic carbocycles. The van der Waals surface area contributed by atoms with Crippen LogP contribution in [0.4, 0.5) is 4.39 Å². The number of halogens is 2. The van der Waals surface area contributed by atoms with Crippen molar-refractivity contribution >= 4 is 23.6 Å². The molecule has 0 saturated heterocycles. The molecule has 1 aliphatic rings. The highest BCUT2D eigenvalue weighted by molar-refractivity contribution is 6.32. The van der Waals surface area contributed by atoms with E-state index in [9.17, 15) is 9.18 Å². The number of carboxylic acids is 1. The van der Waals surface area contributed by atoms with Gasteiger partial charge in [0.2, 0.25) is 5.83 Å². The maximum Gasteiger partial charge on any atom is 0.364 e. The van der Waals surface area contributed by atoms with E-state index >= 15 is 0 Å². The lowest BCUT2D eigenvalue weighted by atomic mass is 10.1. The Morgan fingerprint density at radius 3 is 2.82 bits per heavy atom. The fourth-order valence-corrected chi connectivity index (χ4v) is 1.70. The van der Waals surface area contributed by atoms with E-state index in [0.717, 1.165) is 6.08 Å². The average Bonchev–Trinajstić information content (AvgIpc) is 2.29. The molecule has 1 heterocycles. The first-order chi connectivity index (χ1) is 8.08. The molecule has 0 fully saturated rings. The van der Waals surface area contributed by atoms with Crippen molar-refractivity contribution < 1.29 is 23.8 Å². The molecular formula is C11H8ClFO4. The summed E-state index contributed by atoms with van der Waals surface area (Å²) in [6, 6.07) is 2.89. The summed E-state index contributed by atoms with van der Waals surface area (Å²) >= 11 is 5.91.